The lowest BCUT2D eigenvalue weighted by Gasteiger charge is -2.26. The molecule has 3 rings (SSSR count). The quantitative estimate of drug-likeness (QED) is 0.669. The molecule has 2 unspecified atom stereocenters. The van der Waals surface area contributed by atoms with Gasteiger partial charge in [0.05, 0.1) is 12.0 Å². The Balaban J connectivity index is 2.20. The van der Waals surface area contributed by atoms with Gasteiger partial charge in [0, 0.05) is 12.6 Å². The molecule has 1 aliphatic carbocycles. The topological polar surface area (TPSA) is 20.3 Å². The Morgan fingerprint density at radius 3 is 2.88 bits per heavy atom. The Hall–Kier alpha value is -1.90. The van der Waals surface area contributed by atoms with Crippen molar-refractivity contribution in [3.05, 3.63) is 53.9 Å². The van der Waals surface area contributed by atoms with Gasteiger partial charge in [-0.15, -0.1) is 0 Å². The minimum atomic E-state index is -0.333. The zero-order valence-corrected chi connectivity index (χ0v) is 9.43. The van der Waals surface area contributed by atoms with Crippen molar-refractivity contribution in [2.24, 2.45) is 0 Å². The standard InChI is InChI=1S/C14H12FNO/c1-9(17)16-12-7-3-2-5-10(12)14-11(15)6-4-8-13(14)16/h2-8,13-14H,1H3. The minimum absolute atomic E-state index is 0.0516. The molecular formula is C14H12FNO. The third kappa shape index (κ3) is 1.35. The predicted octanol–water partition coefficient (Wildman–Crippen LogP) is 2.93. The molecule has 0 aromatic heterocycles. The van der Waals surface area contributed by atoms with Gasteiger partial charge in [0.25, 0.3) is 0 Å². The maximum atomic E-state index is 13.9. The highest BCUT2D eigenvalue weighted by Crippen LogP contribution is 2.46. The van der Waals surface area contributed by atoms with Crippen LogP contribution < -0.4 is 4.90 Å². The van der Waals surface area contributed by atoms with Crippen LogP contribution in [0.2, 0.25) is 0 Å². The highest BCUT2D eigenvalue weighted by Gasteiger charge is 2.42. The lowest BCUT2D eigenvalue weighted by molar-refractivity contribution is -0.116. The van der Waals surface area contributed by atoms with Crippen LogP contribution in [0.1, 0.15) is 18.4 Å². The van der Waals surface area contributed by atoms with Crippen LogP contribution in [-0.4, -0.2) is 11.9 Å². The predicted molar refractivity (Wildman–Crippen MR) is 64.5 cm³/mol. The van der Waals surface area contributed by atoms with Crippen LogP contribution in [0.4, 0.5) is 10.1 Å². The zero-order valence-electron chi connectivity index (χ0n) is 9.43. The Kier molecular flexibility index (Phi) is 2.15. The summed E-state index contributed by atoms with van der Waals surface area (Å²) in [4.78, 5) is 13.4. The first-order valence-electron chi connectivity index (χ1n) is 5.63. The van der Waals surface area contributed by atoms with Gasteiger partial charge in [-0.2, -0.15) is 0 Å². The lowest BCUT2D eigenvalue weighted by Crippen LogP contribution is -2.37. The Morgan fingerprint density at radius 1 is 1.35 bits per heavy atom. The molecular weight excluding hydrogens is 217 g/mol. The van der Waals surface area contributed by atoms with E-state index < -0.39 is 0 Å². The average Bonchev–Trinajstić information content (AvgIpc) is 2.64. The van der Waals surface area contributed by atoms with Gasteiger partial charge in [-0.05, 0) is 17.7 Å². The van der Waals surface area contributed by atoms with Crippen LogP contribution in [0, 0.1) is 0 Å². The number of hydrogen-bond acceptors (Lipinski definition) is 1. The molecule has 2 atom stereocenters. The Labute approximate surface area is 99.0 Å². The van der Waals surface area contributed by atoms with E-state index in [1.54, 1.807) is 11.0 Å². The van der Waals surface area contributed by atoms with Crippen LogP contribution in [-0.2, 0) is 4.79 Å². The number of hydrogen-bond donors (Lipinski definition) is 0. The molecule has 0 saturated heterocycles. The van der Waals surface area contributed by atoms with Crippen LogP contribution in [0.5, 0.6) is 0 Å². The smallest absolute Gasteiger partial charge is 0.224 e. The van der Waals surface area contributed by atoms with Crippen molar-refractivity contribution in [3.8, 4) is 0 Å². The first-order valence-corrected chi connectivity index (χ1v) is 5.63. The summed E-state index contributed by atoms with van der Waals surface area (Å²) in [5, 5.41) is 0. The maximum absolute atomic E-state index is 13.9. The largest absolute Gasteiger partial charge is 0.304 e. The normalized spacial score (nSPS) is 25.3. The number of nitrogens with zero attached hydrogens (tertiary/aromatic N) is 1. The molecule has 86 valence electrons. The van der Waals surface area contributed by atoms with Crippen molar-refractivity contribution in [3.63, 3.8) is 0 Å². The SMILES string of the molecule is CC(=O)N1c2ccccc2C2C(F)=CC=CC21. The van der Waals surface area contributed by atoms with Crippen molar-refractivity contribution in [2.75, 3.05) is 4.90 Å². The van der Waals surface area contributed by atoms with Gasteiger partial charge in [0.2, 0.25) is 5.91 Å². The summed E-state index contributed by atoms with van der Waals surface area (Å²) >= 11 is 0. The van der Waals surface area contributed by atoms with E-state index in [1.165, 1.54) is 13.0 Å². The second-order valence-corrected chi connectivity index (χ2v) is 4.35. The molecule has 2 nitrogen and oxygen atoms in total. The monoisotopic (exact) mass is 229 g/mol. The van der Waals surface area contributed by atoms with E-state index in [1.807, 2.05) is 30.3 Å². The van der Waals surface area contributed by atoms with Crippen molar-refractivity contribution < 1.29 is 9.18 Å². The third-order valence-corrected chi connectivity index (χ3v) is 3.37. The molecule has 0 spiro atoms. The van der Waals surface area contributed by atoms with Crippen molar-refractivity contribution >= 4 is 11.6 Å². The van der Waals surface area contributed by atoms with E-state index in [-0.39, 0.29) is 23.7 Å². The number of para-hydroxylation sites is 1. The van der Waals surface area contributed by atoms with E-state index in [0.717, 1.165) is 11.3 Å². The molecule has 0 N–H and O–H groups in total. The van der Waals surface area contributed by atoms with Gasteiger partial charge in [0.15, 0.2) is 0 Å². The van der Waals surface area contributed by atoms with Crippen molar-refractivity contribution in [2.45, 2.75) is 18.9 Å². The first kappa shape index (κ1) is 10.3. The number of amides is 1. The number of rotatable bonds is 0. The Bertz CT molecular complexity index is 522. The number of fused-ring (bicyclic) bond motifs is 3. The molecule has 2 aliphatic rings. The zero-order chi connectivity index (χ0) is 12.0. The van der Waals surface area contributed by atoms with E-state index in [9.17, 15) is 9.18 Å². The van der Waals surface area contributed by atoms with E-state index in [4.69, 9.17) is 0 Å². The maximum Gasteiger partial charge on any atom is 0.224 e. The summed E-state index contributed by atoms with van der Waals surface area (Å²) < 4.78 is 13.9. The number of carbonyl (C=O) groups is 1. The van der Waals surface area contributed by atoms with Gasteiger partial charge in [-0.25, -0.2) is 4.39 Å². The van der Waals surface area contributed by atoms with E-state index in [2.05, 4.69) is 0 Å². The summed E-state index contributed by atoms with van der Waals surface area (Å²) in [7, 11) is 0. The molecule has 1 aliphatic heterocycles. The van der Waals surface area contributed by atoms with E-state index in [0.29, 0.717) is 0 Å². The highest BCUT2D eigenvalue weighted by molar-refractivity contribution is 5.96. The van der Waals surface area contributed by atoms with Gasteiger partial charge >= 0.3 is 0 Å². The number of carbonyl (C=O) groups excluding carboxylic acids is 1. The molecule has 0 radical (unpaired) electrons. The second kappa shape index (κ2) is 3.55. The number of anilines is 1. The lowest BCUT2D eigenvalue weighted by atomic mass is 9.90. The molecule has 17 heavy (non-hydrogen) atoms. The van der Waals surface area contributed by atoms with Crippen LogP contribution in [0.15, 0.2) is 48.3 Å². The molecule has 1 aromatic rings. The van der Waals surface area contributed by atoms with Crippen LogP contribution in [0.25, 0.3) is 0 Å². The summed E-state index contributed by atoms with van der Waals surface area (Å²) in [6, 6.07) is 7.30. The molecule has 0 fully saturated rings. The molecule has 1 heterocycles. The third-order valence-electron chi connectivity index (χ3n) is 3.37. The molecule has 1 aromatic carbocycles. The fourth-order valence-corrected chi connectivity index (χ4v) is 2.72. The summed E-state index contributed by atoms with van der Waals surface area (Å²) in [5.74, 6) is -0.557. The molecule has 0 saturated carbocycles. The van der Waals surface area contributed by atoms with Crippen molar-refractivity contribution in [1.82, 2.24) is 0 Å². The van der Waals surface area contributed by atoms with E-state index >= 15 is 0 Å². The van der Waals surface area contributed by atoms with Crippen LogP contribution >= 0.6 is 0 Å². The number of allylic oxidation sites excluding steroid dienone is 2. The minimum Gasteiger partial charge on any atom is -0.304 e. The Morgan fingerprint density at radius 2 is 2.12 bits per heavy atom. The summed E-state index contributed by atoms with van der Waals surface area (Å²) in [6.45, 7) is 1.52. The number of halogens is 1. The molecule has 0 bridgehead atoms. The van der Waals surface area contributed by atoms with Crippen LogP contribution in [0.3, 0.4) is 0 Å². The van der Waals surface area contributed by atoms with Gasteiger partial charge in [-0.1, -0.05) is 30.4 Å². The van der Waals surface area contributed by atoms with Gasteiger partial charge in [0.1, 0.15) is 5.83 Å². The number of benzene rings is 1. The fourth-order valence-electron chi connectivity index (χ4n) is 2.72. The fraction of sp³-hybridized carbons (Fsp3) is 0.214. The van der Waals surface area contributed by atoms with Gasteiger partial charge in [-0.3, -0.25) is 4.79 Å². The van der Waals surface area contributed by atoms with Gasteiger partial charge < -0.3 is 4.90 Å². The average molecular weight is 229 g/mol. The summed E-state index contributed by atoms with van der Waals surface area (Å²) in [5.41, 5.74) is 1.72. The second-order valence-electron chi connectivity index (χ2n) is 4.35. The first-order chi connectivity index (χ1) is 8.20. The summed E-state index contributed by atoms with van der Waals surface area (Å²) in [6.07, 6.45) is 5.04. The molecule has 1 amide bonds. The van der Waals surface area contributed by atoms with Crippen molar-refractivity contribution in [1.29, 1.82) is 0 Å². The highest BCUT2D eigenvalue weighted by atomic mass is 19.1. The molecule has 3 heteroatoms.